The van der Waals surface area contributed by atoms with Gasteiger partial charge in [-0.15, -0.1) is 0 Å². The van der Waals surface area contributed by atoms with Crippen molar-refractivity contribution >= 4 is 39.5 Å². The van der Waals surface area contributed by atoms with Gasteiger partial charge >= 0.3 is 5.97 Å². The zero-order valence-electron chi connectivity index (χ0n) is 13.5. The smallest absolute Gasteiger partial charge is 0.343 e. The number of esters is 1. The summed E-state index contributed by atoms with van der Waals surface area (Å²) in [5.41, 5.74) is 0.0361. The highest BCUT2D eigenvalue weighted by Gasteiger charge is 2.24. The predicted octanol–water partition coefficient (Wildman–Crippen LogP) is 2.09. The minimum absolute atomic E-state index is 0.104. The van der Waals surface area contributed by atoms with Gasteiger partial charge in [-0.05, 0) is 54.1 Å². The number of aromatic nitrogens is 1. The molecule has 1 aromatic heterocycles. The van der Waals surface area contributed by atoms with Crippen LogP contribution in [0.25, 0.3) is 10.9 Å². The van der Waals surface area contributed by atoms with Crippen molar-refractivity contribution in [2.75, 3.05) is 13.2 Å². The number of rotatable bonds is 6. The molecule has 2 N–H and O–H groups in total. The second-order valence-electron chi connectivity index (χ2n) is 5.39. The van der Waals surface area contributed by atoms with E-state index in [-0.39, 0.29) is 18.8 Å². The van der Waals surface area contributed by atoms with Crippen molar-refractivity contribution in [3.63, 3.8) is 0 Å². The van der Waals surface area contributed by atoms with Crippen LogP contribution < -0.4 is 5.43 Å². The van der Waals surface area contributed by atoms with Gasteiger partial charge in [0, 0.05) is 15.2 Å². The van der Waals surface area contributed by atoms with Gasteiger partial charge in [0.1, 0.15) is 5.56 Å². The van der Waals surface area contributed by atoms with Crippen molar-refractivity contribution in [3.8, 4) is 0 Å². The molecule has 0 spiro atoms. The molecule has 1 aromatic carbocycles. The van der Waals surface area contributed by atoms with Crippen LogP contribution in [0, 0.1) is 3.57 Å². The molecule has 0 amide bonds. The molecule has 1 heterocycles. The van der Waals surface area contributed by atoms with Crippen LogP contribution >= 0.6 is 22.6 Å². The Hall–Kier alpha value is -1.45. The molecule has 2 aromatic rings. The first-order chi connectivity index (χ1) is 11.4. The number of fused-ring (bicyclic) bond motifs is 1. The SMILES string of the molecule is CCOC(=O)c1cn(C(CO)C(O)CC)c2ccc(I)cc2c1=O. The molecule has 0 aliphatic carbocycles. The lowest BCUT2D eigenvalue weighted by Gasteiger charge is -2.25. The van der Waals surface area contributed by atoms with Gasteiger partial charge in [-0.1, -0.05) is 6.92 Å². The molecular formula is C17H20INO5. The van der Waals surface area contributed by atoms with Crippen LogP contribution in [0.1, 0.15) is 36.7 Å². The number of halogens is 1. The summed E-state index contributed by atoms with van der Waals surface area (Å²) in [5.74, 6) is -0.709. The lowest BCUT2D eigenvalue weighted by molar-refractivity contribution is 0.0517. The highest BCUT2D eigenvalue weighted by Crippen LogP contribution is 2.23. The molecule has 6 nitrogen and oxygen atoms in total. The fourth-order valence-corrected chi connectivity index (χ4v) is 3.11. The number of nitrogens with zero attached hydrogens (tertiary/aromatic N) is 1. The molecule has 0 radical (unpaired) electrons. The third kappa shape index (κ3) is 3.62. The standard InChI is InChI=1S/C17H20INO5/c1-3-15(21)14(9-20)19-8-12(17(23)24-4-2)16(22)11-7-10(18)5-6-13(11)19/h5-8,14-15,20-21H,3-4,9H2,1-2H3. The number of benzene rings is 1. The Morgan fingerprint density at radius 3 is 2.67 bits per heavy atom. The quantitative estimate of drug-likeness (QED) is 0.525. The monoisotopic (exact) mass is 445 g/mol. The van der Waals surface area contributed by atoms with Gasteiger partial charge in [0.2, 0.25) is 5.43 Å². The number of hydrogen-bond donors (Lipinski definition) is 2. The molecule has 0 aliphatic rings. The third-order valence-electron chi connectivity index (χ3n) is 3.90. The molecule has 2 rings (SSSR count). The largest absolute Gasteiger partial charge is 0.462 e. The lowest BCUT2D eigenvalue weighted by Crippen LogP contribution is -2.30. The first-order valence-electron chi connectivity index (χ1n) is 7.75. The van der Waals surface area contributed by atoms with E-state index < -0.39 is 23.5 Å². The molecule has 0 fully saturated rings. The molecule has 0 saturated heterocycles. The van der Waals surface area contributed by atoms with E-state index in [2.05, 4.69) is 22.6 Å². The van der Waals surface area contributed by atoms with Gasteiger partial charge in [-0.3, -0.25) is 4.79 Å². The summed E-state index contributed by atoms with van der Waals surface area (Å²) in [4.78, 5) is 24.8. The summed E-state index contributed by atoms with van der Waals surface area (Å²) in [6.45, 7) is 3.30. The summed E-state index contributed by atoms with van der Waals surface area (Å²) < 4.78 is 7.40. The number of carbonyl (C=O) groups excluding carboxylic acids is 1. The molecule has 7 heteroatoms. The van der Waals surface area contributed by atoms with E-state index in [1.165, 1.54) is 6.20 Å². The van der Waals surface area contributed by atoms with Crippen LogP contribution in [-0.2, 0) is 4.74 Å². The molecule has 24 heavy (non-hydrogen) atoms. The number of aliphatic hydroxyl groups is 2. The Morgan fingerprint density at radius 2 is 2.08 bits per heavy atom. The molecule has 2 atom stereocenters. The Kier molecular flexibility index (Phi) is 6.36. The zero-order valence-corrected chi connectivity index (χ0v) is 15.7. The molecular weight excluding hydrogens is 425 g/mol. The average Bonchev–Trinajstić information content (AvgIpc) is 2.57. The second-order valence-corrected chi connectivity index (χ2v) is 6.63. The average molecular weight is 445 g/mol. The van der Waals surface area contributed by atoms with Crippen LogP contribution in [0.5, 0.6) is 0 Å². The van der Waals surface area contributed by atoms with Crippen LogP contribution in [0.15, 0.2) is 29.2 Å². The summed E-state index contributed by atoms with van der Waals surface area (Å²) in [6, 6.07) is 4.60. The van der Waals surface area contributed by atoms with Crippen molar-refractivity contribution in [1.29, 1.82) is 0 Å². The Morgan fingerprint density at radius 1 is 1.38 bits per heavy atom. The normalized spacial score (nSPS) is 13.7. The maximum Gasteiger partial charge on any atom is 0.343 e. The fourth-order valence-electron chi connectivity index (χ4n) is 2.62. The van der Waals surface area contributed by atoms with E-state index in [0.717, 1.165) is 3.57 Å². The van der Waals surface area contributed by atoms with Crippen molar-refractivity contribution < 1.29 is 19.7 Å². The zero-order chi connectivity index (χ0) is 17.9. The van der Waals surface area contributed by atoms with Gasteiger partial charge in [0.05, 0.1) is 30.9 Å². The minimum Gasteiger partial charge on any atom is -0.462 e. The van der Waals surface area contributed by atoms with E-state index in [4.69, 9.17) is 4.74 Å². The van der Waals surface area contributed by atoms with Gasteiger partial charge in [-0.25, -0.2) is 4.79 Å². The highest BCUT2D eigenvalue weighted by molar-refractivity contribution is 14.1. The van der Waals surface area contributed by atoms with Crippen LogP contribution in [0.4, 0.5) is 0 Å². The summed E-state index contributed by atoms with van der Waals surface area (Å²) in [6.07, 6.45) is 0.989. The van der Waals surface area contributed by atoms with E-state index >= 15 is 0 Å². The Labute approximate surface area is 153 Å². The fraction of sp³-hybridized carbons (Fsp3) is 0.412. The van der Waals surface area contributed by atoms with Crippen LogP contribution in [0.2, 0.25) is 0 Å². The second kappa shape index (κ2) is 8.09. The maximum absolute atomic E-state index is 12.7. The van der Waals surface area contributed by atoms with Crippen LogP contribution in [0.3, 0.4) is 0 Å². The molecule has 0 aliphatic heterocycles. The highest BCUT2D eigenvalue weighted by atomic mass is 127. The first-order valence-corrected chi connectivity index (χ1v) is 8.82. The number of pyridine rings is 1. The van der Waals surface area contributed by atoms with Crippen molar-refractivity contribution in [3.05, 3.63) is 43.8 Å². The third-order valence-corrected chi connectivity index (χ3v) is 4.57. The summed E-state index contributed by atoms with van der Waals surface area (Å²) in [7, 11) is 0. The topological polar surface area (TPSA) is 88.8 Å². The van der Waals surface area contributed by atoms with Crippen molar-refractivity contribution in [2.24, 2.45) is 0 Å². The molecule has 0 saturated carbocycles. The van der Waals surface area contributed by atoms with Crippen molar-refractivity contribution in [1.82, 2.24) is 4.57 Å². The lowest BCUT2D eigenvalue weighted by atomic mass is 10.1. The van der Waals surface area contributed by atoms with Gasteiger partial charge in [0.25, 0.3) is 0 Å². The van der Waals surface area contributed by atoms with E-state index in [9.17, 15) is 19.8 Å². The predicted molar refractivity (Wildman–Crippen MR) is 99.3 cm³/mol. The number of aliphatic hydroxyl groups excluding tert-OH is 2. The molecule has 130 valence electrons. The molecule has 2 unspecified atom stereocenters. The van der Waals surface area contributed by atoms with Crippen molar-refractivity contribution in [2.45, 2.75) is 32.4 Å². The van der Waals surface area contributed by atoms with Gasteiger partial charge in [0.15, 0.2) is 0 Å². The Bertz CT molecular complexity index is 801. The van der Waals surface area contributed by atoms with Gasteiger partial charge in [-0.2, -0.15) is 0 Å². The minimum atomic E-state index is -0.810. The van der Waals surface area contributed by atoms with E-state index in [1.807, 2.05) is 6.07 Å². The van der Waals surface area contributed by atoms with Crippen LogP contribution in [-0.4, -0.2) is 40.1 Å². The molecule has 0 bridgehead atoms. The summed E-state index contributed by atoms with van der Waals surface area (Å²) in [5, 5.41) is 20.3. The number of ether oxygens (including phenoxy) is 1. The first kappa shape index (κ1) is 18.9. The van der Waals surface area contributed by atoms with E-state index in [0.29, 0.717) is 17.3 Å². The Balaban J connectivity index is 2.79. The summed E-state index contributed by atoms with van der Waals surface area (Å²) >= 11 is 2.09. The van der Waals surface area contributed by atoms with Gasteiger partial charge < -0.3 is 19.5 Å². The van der Waals surface area contributed by atoms with E-state index in [1.54, 1.807) is 30.5 Å². The maximum atomic E-state index is 12.7. The number of carbonyl (C=O) groups is 1. The number of hydrogen-bond acceptors (Lipinski definition) is 5.